The summed E-state index contributed by atoms with van der Waals surface area (Å²) in [6.45, 7) is 5.85. The first kappa shape index (κ1) is 26.3. The molecule has 0 aliphatic heterocycles. The number of alkyl halides is 3. The highest BCUT2D eigenvalue weighted by atomic mass is 19.4. The normalized spacial score (nSPS) is 12.2. The van der Waals surface area contributed by atoms with Crippen LogP contribution in [0.4, 0.5) is 13.2 Å². The van der Waals surface area contributed by atoms with Crippen molar-refractivity contribution in [3.63, 3.8) is 0 Å². The Kier molecular flexibility index (Phi) is 9.34. The second-order valence-corrected chi connectivity index (χ2v) is 8.06. The number of rotatable bonds is 8. The van der Waals surface area contributed by atoms with Gasteiger partial charge in [0.2, 0.25) is 0 Å². The van der Waals surface area contributed by atoms with Crippen LogP contribution in [-0.2, 0) is 19.1 Å². The highest BCUT2D eigenvalue weighted by Gasteiger charge is 2.30. The number of ether oxygens (including phenoxy) is 2. The molecule has 0 aromatic heterocycles. The molecule has 0 saturated heterocycles. The first-order valence-corrected chi connectivity index (χ1v) is 9.78. The fourth-order valence-corrected chi connectivity index (χ4v) is 2.99. The molecule has 1 aromatic rings. The molecule has 0 saturated carbocycles. The van der Waals surface area contributed by atoms with E-state index in [-0.39, 0.29) is 24.2 Å². The molecule has 0 aliphatic carbocycles. The summed E-state index contributed by atoms with van der Waals surface area (Å²) in [5.41, 5.74) is 0.990. The Hall–Kier alpha value is -2.77. The fourth-order valence-electron chi connectivity index (χ4n) is 2.99. The van der Waals surface area contributed by atoms with Crippen LogP contribution in [0.3, 0.4) is 0 Å². The first-order valence-electron chi connectivity index (χ1n) is 9.78. The van der Waals surface area contributed by atoms with Crippen molar-refractivity contribution in [2.45, 2.75) is 39.8 Å². The molecule has 172 valence electrons. The summed E-state index contributed by atoms with van der Waals surface area (Å²) in [6.07, 6.45) is -3.84. The minimum atomic E-state index is -4.30. The van der Waals surface area contributed by atoms with Crippen LogP contribution >= 0.6 is 0 Å². The van der Waals surface area contributed by atoms with E-state index in [4.69, 9.17) is 9.47 Å². The second-order valence-electron chi connectivity index (χ2n) is 8.06. The van der Waals surface area contributed by atoms with E-state index >= 15 is 0 Å². The fraction of sp³-hybridized carbons (Fsp3) is 0.478. The van der Waals surface area contributed by atoms with E-state index in [0.717, 1.165) is 25.4 Å². The summed E-state index contributed by atoms with van der Waals surface area (Å²) in [5.74, 6) is -1.86. The Morgan fingerprint density at radius 2 is 1.52 bits per heavy atom. The van der Waals surface area contributed by atoms with Crippen LogP contribution in [0.25, 0.3) is 5.57 Å². The van der Waals surface area contributed by atoms with Crippen molar-refractivity contribution in [1.29, 1.82) is 0 Å². The van der Waals surface area contributed by atoms with Crippen LogP contribution in [-0.4, -0.2) is 50.8 Å². The quantitative estimate of drug-likeness (QED) is 0.187. The number of esters is 2. The molecule has 0 unspecified atom stereocenters. The molecule has 31 heavy (non-hydrogen) atoms. The highest BCUT2D eigenvalue weighted by molar-refractivity contribution is 6.15. The topological polar surface area (TPSA) is 55.8 Å². The highest BCUT2D eigenvalue weighted by Crippen LogP contribution is 2.36. The van der Waals surface area contributed by atoms with Crippen LogP contribution in [0.1, 0.15) is 39.2 Å². The van der Waals surface area contributed by atoms with Crippen LogP contribution in [0.2, 0.25) is 0 Å². The van der Waals surface area contributed by atoms with Gasteiger partial charge < -0.3 is 14.4 Å². The third-order valence-electron chi connectivity index (χ3n) is 4.57. The first-order chi connectivity index (χ1) is 14.3. The van der Waals surface area contributed by atoms with Gasteiger partial charge in [-0.3, -0.25) is 0 Å². The van der Waals surface area contributed by atoms with E-state index in [0.29, 0.717) is 0 Å². The largest absolute Gasteiger partial charge is 0.465 e. The number of carbonyl (C=O) groups is 2. The van der Waals surface area contributed by atoms with Gasteiger partial charge in [-0.2, -0.15) is 13.2 Å². The van der Waals surface area contributed by atoms with E-state index in [2.05, 4.69) is 0 Å². The van der Waals surface area contributed by atoms with Crippen LogP contribution in [0.15, 0.2) is 47.7 Å². The zero-order valence-electron chi connectivity index (χ0n) is 18.8. The molecule has 1 aromatic carbocycles. The Labute approximate surface area is 181 Å². The van der Waals surface area contributed by atoms with Gasteiger partial charge in [-0.1, -0.05) is 51.1 Å². The maximum Gasteiger partial charge on any atom is 0.389 e. The van der Waals surface area contributed by atoms with E-state index < -0.39 is 30.0 Å². The molecule has 0 radical (unpaired) electrons. The van der Waals surface area contributed by atoms with Crippen molar-refractivity contribution in [1.82, 2.24) is 4.90 Å². The molecule has 0 bridgehead atoms. The Morgan fingerprint density at radius 1 is 1.00 bits per heavy atom. The lowest BCUT2D eigenvalue weighted by atomic mass is 9.81. The lowest BCUT2D eigenvalue weighted by Crippen LogP contribution is -2.28. The number of allylic oxidation sites excluding steroid dienone is 2. The molecule has 0 atom stereocenters. The van der Waals surface area contributed by atoms with Crippen molar-refractivity contribution in [3.05, 3.63) is 53.2 Å². The van der Waals surface area contributed by atoms with Gasteiger partial charge >= 0.3 is 18.1 Å². The van der Waals surface area contributed by atoms with Crippen molar-refractivity contribution in [2.75, 3.05) is 27.8 Å². The number of halogens is 3. The molecule has 0 heterocycles. The maximum absolute atomic E-state index is 12.6. The minimum Gasteiger partial charge on any atom is -0.465 e. The van der Waals surface area contributed by atoms with E-state index in [9.17, 15) is 22.8 Å². The maximum atomic E-state index is 12.6. The van der Waals surface area contributed by atoms with Gasteiger partial charge in [-0.15, -0.1) is 0 Å². The number of benzene rings is 1. The molecule has 0 aliphatic rings. The Morgan fingerprint density at radius 3 is 1.94 bits per heavy atom. The zero-order valence-corrected chi connectivity index (χ0v) is 18.8. The van der Waals surface area contributed by atoms with Gasteiger partial charge in [0.25, 0.3) is 0 Å². The summed E-state index contributed by atoms with van der Waals surface area (Å²) in [5, 5.41) is 0. The van der Waals surface area contributed by atoms with Crippen molar-refractivity contribution < 1.29 is 32.2 Å². The molecule has 5 nitrogen and oxygen atoms in total. The van der Waals surface area contributed by atoms with Gasteiger partial charge in [0, 0.05) is 20.0 Å². The Balaban J connectivity index is 3.66. The average molecular weight is 441 g/mol. The third kappa shape index (κ3) is 8.11. The zero-order chi connectivity index (χ0) is 23.8. The number of methoxy groups -OCH3 is 2. The lowest BCUT2D eigenvalue weighted by Gasteiger charge is -2.28. The standard InChI is InChI=1S/C23H30F3NO4/c1-22(2,3)17(16-11-8-7-9-12-16)15-18(19(20(28)30-5)21(29)31-6)27(4)14-10-13-23(24,25)26/h7-9,11-12,15H,10,13-14H2,1-6H3/b17-15-. The summed E-state index contributed by atoms with van der Waals surface area (Å²) < 4.78 is 47.4. The van der Waals surface area contributed by atoms with Gasteiger partial charge in [0.15, 0.2) is 5.57 Å². The minimum absolute atomic E-state index is 0.0327. The van der Waals surface area contributed by atoms with Crippen molar-refractivity contribution in [3.8, 4) is 0 Å². The molecule has 1 rings (SSSR count). The predicted molar refractivity (Wildman–Crippen MR) is 113 cm³/mol. The van der Waals surface area contributed by atoms with E-state index in [1.165, 1.54) is 11.9 Å². The van der Waals surface area contributed by atoms with Crippen LogP contribution < -0.4 is 0 Å². The molecular weight excluding hydrogens is 411 g/mol. The number of likely N-dealkylation sites (N-methyl/N-ethyl adjacent to an activating group) is 1. The van der Waals surface area contributed by atoms with Crippen molar-refractivity contribution >= 4 is 17.5 Å². The summed E-state index contributed by atoms with van der Waals surface area (Å²) in [4.78, 5) is 26.3. The molecule has 0 amide bonds. The van der Waals surface area contributed by atoms with E-state index in [1.807, 2.05) is 51.1 Å². The van der Waals surface area contributed by atoms with Crippen LogP contribution in [0.5, 0.6) is 0 Å². The smallest absolute Gasteiger partial charge is 0.389 e. The van der Waals surface area contributed by atoms with Crippen molar-refractivity contribution in [2.24, 2.45) is 5.41 Å². The molecular formula is C23H30F3NO4. The Bertz CT molecular complexity index is 803. The third-order valence-corrected chi connectivity index (χ3v) is 4.57. The van der Waals surface area contributed by atoms with Crippen LogP contribution in [0, 0.1) is 5.41 Å². The summed E-state index contributed by atoms with van der Waals surface area (Å²) >= 11 is 0. The number of hydrogen-bond donors (Lipinski definition) is 0. The lowest BCUT2D eigenvalue weighted by molar-refractivity contribution is -0.144. The number of carbonyl (C=O) groups excluding carboxylic acids is 2. The predicted octanol–water partition coefficient (Wildman–Crippen LogP) is 4.99. The molecule has 0 N–H and O–H groups in total. The SMILES string of the molecule is COC(=O)C(C(=O)OC)=C(/C=C(/c1ccccc1)C(C)(C)C)N(C)CCCC(F)(F)F. The van der Waals surface area contributed by atoms with E-state index in [1.54, 1.807) is 6.08 Å². The second kappa shape index (κ2) is 11.0. The monoisotopic (exact) mass is 441 g/mol. The summed E-state index contributed by atoms with van der Waals surface area (Å²) in [6, 6.07) is 9.33. The summed E-state index contributed by atoms with van der Waals surface area (Å²) in [7, 11) is 3.77. The van der Waals surface area contributed by atoms with Gasteiger partial charge in [-0.05, 0) is 29.0 Å². The number of hydrogen-bond acceptors (Lipinski definition) is 5. The molecule has 0 spiro atoms. The molecule has 0 fully saturated rings. The number of nitrogens with zero attached hydrogens (tertiary/aromatic N) is 1. The van der Waals surface area contributed by atoms with Gasteiger partial charge in [0.1, 0.15) is 0 Å². The molecule has 8 heteroatoms. The van der Waals surface area contributed by atoms with Gasteiger partial charge in [0.05, 0.1) is 19.9 Å². The van der Waals surface area contributed by atoms with Gasteiger partial charge in [-0.25, -0.2) is 9.59 Å². The average Bonchev–Trinajstić information content (AvgIpc) is 2.68.